The molecule has 3 heteroatoms. The number of alkyl halides is 1. The van der Waals surface area contributed by atoms with Crippen molar-refractivity contribution < 1.29 is 4.39 Å². The van der Waals surface area contributed by atoms with Crippen LogP contribution in [-0.2, 0) is 0 Å². The van der Waals surface area contributed by atoms with Crippen LogP contribution in [0.2, 0.25) is 0 Å². The molecule has 70 valence electrons. The average molecular weight is 244 g/mol. The van der Waals surface area contributed by atoms with Crippen LogP contribution >= 0.6 is 15.9 Å². The van der Waals surface area contributed by atoms with E-state index in [1.807, 2.05) is 18.2 Å². The minimum absolute atomic E-state index is 0.00694. The molecule has 1 aliphatic heterocycles. The highest BCUT2D eigenvalue weighted by molar-refractivity contribution is 9.10. The Labute approximate surface area is 85.5 Å². The number of fused-ring (bicyclic) bond motifs is 1. The van der Waals surface area contributed by atoms with Crippen LogP contribution in [0.5, 0.6) is 0 Å². The lowest BCUT2D eigenvalue weighted by Gasteiger charge is -2.10. The minimum atomic E-state index is -0.789. The van der Waals surface area contributed by atoms with Crippen molar-refractivity contribution in [2.75, 3.05) is 11.9 Å². The molecule has 2 rings (SSSR count). The molecular formula is C10H11BrFN. The summed E-state index contributed by atoms with van der Waals surface area (Å²) in [5.74, 6) is 0.00694. The highest BCUT2D eigenvalue weighted by Gasteiger charge is 2.26. The molecule has 0 radical (unpaired) electrons. The monoisotopic (exact) mass is 243 g/mol. The van der Waals surface area contributed by atoms with Crippen molar-refractivity contribution in [1.82, 2.24) is 0 Å². The molecule has 0 aromatic heterocycles. The van der Waals surface area contributed by atoms with Gasteiger partial charge in [-0.25, -0.2) is 4.39 Å². The van der Waals surface area contributed by atoms with E-state index >= 15 is 0 Å². The topological polar surface area (TPSA) is 12.0 Å². The molecular weight excluding hydrogens is 233 g/mol. The lowest BCUT2D eigenvalue weighted by Crippen LogP contribution is -2.12. The molecule has 0 fully saturated rings. The maximum Gasteiger partial charge on any atom is 0.106 e. The molecule has 1 N–H and O–H groups in total. The normalized spacial score (nSPS) is 22.2. The third-order valence-corrected chi connectivity index (χ3v) is 2.97. The van der Waals surface area contributed by atoms with E-state index < -0.39 is 6.17 Å². The summed E-state index contributed by atoms with van der Waals surface area (Å²) in [4.78, 5) is 0. The van der Waals surface area contributed by atoms with Crippen molar-refractivity contribution in [2.24, 2.45) is 0 Å². The molecule has 0 amide bonds. The molecule has 1 aromatic rings. The molecule has 1 nitrogen and oxygen atoms in total. The summed E-state index contributed by atoms with van der Waals surface area (Å²) in [5.41, 5.74) is 2.15. The Kier molecular flexibility index (Phi) is 2.28. The van der Waals surface area contributed by atoms with Crippen LogP contribution in [-0.4, -0.2) is 12.7 Å². The molecule has 0 aliphatic carbocycles. The van der Waals surface area contributed by atoms with Gasteiger partial charge in [-0.3, -0.25) is 0 Å². The van der Waals surface area contributed by atoms with Gasteiger partial charge >= 0.3 is 0 Å². The fourth-order valence-electron chi connectivity index (χ4n) is 1.74. The quantitative estimate of drug-likeness (QED) is 0.799. The Hall–Kier alpha value is -0.570. The van der Waals surface area contributed by atoms with E-state index in [1.54, 1.807) is 6.92 Å². The third kappa shape index (κ3) is 1.57. The summed E-state index contributed by atoms with van der Waals surface area (Å²) in [6, 6.07) is 5.95. The number of hydrogen-bond acceptors (Lipinski definition) is 1. The van der Waals surface area contributed by atoms with Gasteiger partial charge in [0, 0.05) is 22.6 Å². The second-order valence-electron chi connectivity index (χ2n) is 3.40. The van der Waals surface area contributed by atoms with Crippen molar-refractivity contribution in [1.29, 1.82) is 0 Å². The van der Waals surface area contributed by atoms with E-state index in [0.29, 0.717) is 6.54 Å². The zero-order valence-corrected chi connectivity index (χ0v) is 8.94. The standard InChI is InChI=1S/C10H11BrFN/c1-6(12)9-5-13-10-3-2-7(11)4-8(9)10/h2-4,6,9,13H,5H2,1H3. The van der Waals surface area contributed by atoms with E-state index in [2.05, 4.69) is 21.2 Å². The third-order valence-electron chi connectivity index (χ3n) is 2.48. The van der Waals surface area contributed by atoms with Crippen LogP contribution in [0.15, 0.2) is 22.7 Å². The molecule has 1 aromatic carbocycles. The molecule has 0 saturated heterocycles. The number of nitrogens with one attached hydrogen (secondary N) is 1. The van der Waals surface area contributed by atoms with Crippen LogP contribution in [0.1, 0.15) is 18.4 Å². The van der Waals surface area contributed by atoms with Crippen molar-refractivity contribution >= 4 is 21.6 Å². The first-order valence-electron chi connectivity index (χ1n) is 4.36. The fourth-order valence-corrected chi connectivity index (χ4v) is 2.12. The molecule has 0 bridgehead atoms. The van der Waals surface area contributed by atoms with Gasteiger partial charge in [-0.1, -0.05) is 15.9 Å². The smallest absolute Gasteiger partial charge is 0.106 e. The van der Waals surface area contributed by atoms with Gasteiger partial charge in [0.05, 0.1) is 0 Å². The first-order valence-corrected chi connectivity index (χ1v) is 5.15. The Balaban J connectivity index is 2.40. The van der Waals surface area contributed by atoms with Gasteiger partial charge in [-0.15, -0.1) is 0 Å². The van der Waals surface area contributed by atoms with Crippen molar-refractivity contribution in [3.05, 3.63) is 28.2 Å². The molecule has 0 spiro atoms. The Bertz CT molecular complexity index is 325. The lowest BCUT2D eigenvalue weighted by molar-refractivity contribution is 0.317. The summed E-state index contributed by atoms with van der Waals surface area (Å²) >= 11 is 3.39. The van der Waals surface area contributed by atoms with Crippen LogP contribution in [0.3, 0.4) is 0 Å². The number of halogens is 2. The van der Waals surface area contributed by atoms with Gasteiger partial charge in [0.25, 0.3) is 0 Å². The van der Waals surface area contributed by atoms with Crippen molar-refractivity contribution in [2.45, 2.75) is 19.0 Å². The highest BCUT2D eigenvalue weighted by Crippen LogP contribution is 2.36. The molecule has 1 aliphatic rings. The Morgan fingerprint density at radius 3 is 3.08 bits per heavy atom. The molecule has 2 atom stereocenters. The Morgan fingerprint density at radius 2 is 2.38 bits per heavy atom. The van der Waals surface area contributed by atoms with Crippen LogP contribution < -0.4 is 5.32 Å². The van der Waals surface area contributed by atoms with E-state index in [1.165, 1.54) is 0 Å². The maximum absolute atomic E-state index is 13.2. The van der Waals surface area contributed by atoms with Gasteiger partial charge in [-0.2, -0.15) is 0 Å². The highest BCUT2D eigenvalue weighted by atomic mass is 79.9. The zero-order valence-electron chi connectivity index (χ0n) is 7.35. The van der Waals surface area contributed by atoms with E-state index in [9.17, 15) is 4.39 Å². The molecule has 0 saturated carbocycles. The molecule has 2 unspecified atom stereocenters. The van der Waals surface area contributed by atoms with E-state index in [0.717, 1.165) is 15.7 Å². The minimum Gasteiger partial charge on any atom is -0.384 e. The molecule has 1 heterocycles. The molecule has 13 heavy (non-hydrogen) atoms. The number of benzene rings is 1. The lowest BCUT2D eigenvalue weighted by atomic mass is 9.98. The number of hydrogen-bond donors (Lipinski definition) is 1. The second-order valence-corrected chi connectivity index (χ2v) is 4.31. The van der Waals surface area contributed by atoms with Crippen LogP contribution in [0.25, 0.3) is 0 Å². The van der Waals surface area contributed by atoms with Crippen LogP contribution in [0.4, 0.5) is 10.1 Å². The Morgan fingerprint density at radius 1 is 1.62 bits per heavy atom. The summed E-state index contributed by atoms with van der Waals surface area (Å²) in [6.45, 7) is 2.33. The average Bonchev–Trinajstić information content (AvgIpc) is 2.46. The maximum atomic E-state index is 13.2. The van der Waals surface area contributed by atoms with Gasteiger partial charge < -0.3 is 5.32 Å². The van der Waals surface area contributed by atoms with E-state index in [4.69, 9.17) is 0 Å². The summed E-state index contributed by atoms with van der Waals surface area (Å²) in [5, 5.41) is 3.20. The first-order chi connectivity index (χ1) is 6.18. The zero-order chi connectivity index (χ0) is 9.42. The summed E-state index contributed by atoms with van der Waals surface area (Å²) < 4.78 is 14.2. The first kappa shape index (κ1) is 9.00. The largest absolute Gasteiger partial charge is 0.384 e. The van der Waals surface area contributed by atoms with E-state index in [-0.39, 0.29) is 5.92 Å². The number of anilines is 1. The van der Waals surface area contributed by atoms with Gasteiger partial charge in [-0.05, 0) is 30.7 Å². The SMILES string of the molecule is CC(F)C1CNc2ccc(Br)cc21. The van der Waals surface area contributed by atoms with Gasteiger partial charge in [0.1, 0.15) is 6.17 Å². The summed E-state index contributed by atoms with van der Waals surface area (Å²) in [7, 11) is 0. The fraction of sp³-hybridized carbons (Fsp3) is 0.400. The predicted octanol–water partition coefficient (Wildman–Crippen LogP) is 3.32. The van der Waals surface area contributed by atoms with Gasteiger partial charge in [0.2, 0.25) is 0 Å². The predicted molar refractivity (Wildman–Crippen MR) is 55.9 cm³/mol. The van der Waals surface area contributed by atoms with Crippen LogP contribution in [0, 0.1) is 0 Å². The second kappa shape index (κ2) is 3.29. The van der Waals surface area contributed by atoms with Gasteiger partial charge in [0.15, 0.2) is 0 Å². The van der Waals surface area contributed by atoms with Crippen molar-refractivity contribution in [3.8, 4) is 0 Å². The van der Waals surface area contributed by atoms with Crippen molar-refractivity contribution in [3.63, 3.8) is 0 Å². The summed E-state index contributed by atoms with van der Waals surface area (Å²) in [6.07, 6.45) is -0.789. The number of rotatable bonds is 1.